The van der Waals surface area contributed by atoms with Crippen molar-refractivity contribution < 1.29 is 22.7 Å². The first-order valence-electron chi connectivity index (χ1n) is 10.3. The fourth-order valence-electron chi connectivity index (χ4n) is 2.90. The van der Waals surface area contributed by atoms with Crippen molar-refractivity contribution in [2.45, 2.75) is 33.5 Å². The molecule has 0 saturated heterocycles. The first-order chi connectivity index (χ1) is 15.6. The van der Waals surface area contributed by atoms with E-state index in [0.29, 0.717) is 38.1 Å². The van der Waals surface area contributed by atoms with E-state index in [1.807, 2.05) is 37.3 Å². The molecule has 1 aromatic heterocycles. The van der Waals surface area contributed by atoms with Crippen molar-refractivity contribution in [2.75, 3.05) is 13.2 Å². The molecule has 10 heteroatoms. The lowest BCUT2D eigenvalue weighted by Gasteiger charge is -2.13. The van der Waals surface area contributed by atoms with E-state index in [4.69, 9.17) is 9.15 Å². The van der Waals surface area contributed by atoms with Crippen LogP contribution in [-0.2, 0) is 13.1 Å². The monoisotopic (exact) mass is 572 g/mol. The maximum absolute atomic E-state index is 12.6. The molecule has 2 aromatic carbocycles. The summed E-state index contributed by atoms with van der Waals surface area (Å²) in [6, 6.07) is 14.4. The molecular formula is C23H27F2IN4O3. The third-order valence-electron chi connectivity index (χ3n) is 4.30. The molecule has 7 nitrogen and oxygen atoms in total. The van der Waals surface area contributed by atoms with Crippen LogP contribution in [0.15, 0.2) is 64.2 Å². The number of guanidine groups is 1. The fourth-order valence-corrected chi connectivity index (χ4v) is 2.90. The molecule has 3 aromatic rings. The molecule has 0 bridgehead atoms. The number of nitrogens with one attached hydrogen (secondary N) is 2. The number of aromatic nitrogens is 1. The van der Waals surface area contributed by atoms with Gasteiger partial charge in [-0.15, -0.1) is 24.0 Å². The molecule has 0 spiro atoms. The number of aliphatic imine (C=N–C) groups is 1. The van der Waals surface area contributed by atoms with Crippen molar-refractivity contribution in [1.82, 2.24) is 15.6 Å². The smallest absolute Gasteiger partial charge is 0.387 e. The van der Waals surface area contributed by atoms with Gasteiger partial charge in [-0.3, -0.25) is 0 Å². The molecule has 33 heavy (non-hydrogen) atoms. The zero-order valence-electron chi connectivity index (χ0n) is 18.4. The first kappa shape index (κ1) is 26.4. The summed E-state index contributed by atoms with van der Waals surface area (Å²) in [5, 5.41) is 6.37. The molecule has 1 heterocycles. The van der Waals surface area contributed by atoms with Crippen molar-refractivity contribution in [3.05, 3.63) is 66.1 Å². The SMILES string of the molecule is CCNC(=NCc1ccc(OC(F)F)c(OCC)c1)NCc1coc(-c2ccccc2)n1.I. The Morgan fingerprint density at radius 2 is 1.88 bits per heavy atom. The van der Waals surface area contributed by atoms with Crippen molar-refractivity contribution >= 4 is 29.9 Å². The molecule has 0 aliphatic rings. The molecule has 2 N–H and O–H groups in total. The highest BCUT2D eigenvalue weighted by Crippen LogP contribution is 2.30. The largest absolute Gasteiger partial charge is 0.490 e. The van der Waals surface area contributed by atoms with Gasteiger partial charge in [0.25, 0.3) is 0 Å². The molecule has 3 rings (SSSR count). The third-order valence-corrected chi connectivity index (χ3v) is 4.30. The molecule has 0 atom stereocenters. The Bertz CT molecular complexity index is 1020. The van der Waals surface area contributed by atoms with Crippen LogP contribution in [0.2, 0.25) is 0 Å². The van der Waals surface area contributed by atoms with E-state index < -0.39 is 6.61 Å². The molecule has 0 saturated carbocycles. The second-order valence-electron chi connectivity index (χ2n) is 6.65. The van der Waals surface area contributed by atoms with Crippen LogP contribution in [0.3, 0.4) is 0 Å². The lowest BCUT2D eigenvalue weighted by molar-refractivity contribution is -0.0514. The minimum atomic E-state index is -2.92. The van der Waals surface area contributed by atoms with E-state index in [-0.39, 0.29) is 35.5 Å². The van der Waals surface area contributed by atoms with Gasteiger partial charge in [-0.25, -0.2) is 9.98 Å². The first-order valence-corrected chi connectivity index (χ1v) is 10.3. The van der Waals surface area contributed by atoms with Gasteiger partial charge in [0.2, 0.25) is 5.89 Å². The minimum absolute atomic E-state index is 0. The predicted octanol–water partition coefficient (Wildman–Crippen LogP) is 5.22. The molecule has 0 amide bonds. The summed E-state index contributed by atoms with van der Waals surface area (Å²) in [6.07, 6.45) is 1.61. The fraction of sp³-hybridized carbons (Fsp3) is 0.304. The van der Waals surface area contributed by atoms with E-state index in [1.54, 1.807) is 25.3 Å². The van der Waals surface area contributed by atoms with E-state index in [9.17, 15) is 8.78 Å². The number of nitrogens with zero attached hydrogens (tertiary/aromatic N) is 2. The Balaban J connectivity index is 0.00000385. The van der Waals surface area contributed by atoms with Gasteiger partial charge in [0.05, 0.1) is 25.4 Å². The predicted molar refractivity (Wildman–Crippen MR) is 133 cm³/mol. The van der Waals surface area contributed by atoms with E-state index in [1.165, 1.54) is 6.07 Å². The lowest BCUT2D eigenvalue weighted by Crippen LogP contribution is -2.36. The van der Waals surface area contributed by atoms with Gasteiger partial charge in [-0.1, -0.05) is 24.3 Å². The van der Waals surface area contributed by atoms with Gasteiger partial charge in [0.15, 0.2) is 17.5 Å². The average molecular weight is 572 g/mol. The van der Waals surface area contributed by atoms with E-state index >= 15 is 0 Å². The van der Waals surface area contributed by atoms with Crippen LogP contribution in [0.5, 0.6) is 11.5 Å². The number of benzene rings is 2. The van der Waals surface area contributed by atoms with Crippen LogP contribution >= 0.6 is 24.0 Å². The highest BCUT2D eigenvalue weighted by molar-refractivity contribution is 14.0. The topological polar surface area (TPSA) is 80.9 Å². The zero-order chi connectivity index (χ0) is 22.8. The highest BCUT2D eigenvalue weighted by Gasteiger charge is 2.12. The van der Waals surface area contributed by atoms with E-state index in [2.05, 4.69) is 25.3 Å². The number of alkyl halides is 2. The van der Waals surface area contributed by atoms with Crippen molar-refractivity contribution in [3.8, 4) is 23.0 Å². The van der Waals surface area contributed by atoms with Crippen LogP contribution in [0.4, 0.5) is 8.78 Å². The average Bonchev–Trinajstić information content (AvgIpc) is 3.27. The van der Waals surface area contributed by atoms with Gasteiger partial charge in [-0.2, -0.15) is 8.78 Å². The van der Waals surface area contributed by atoms with Crippen LogP contribution in [0.1, 0.15) is 25.1 Å². The Kier molecular flexibility index (Phi) is 10.9. The highest BCUT2D eigenvalue weighted by atomic mass is 127. The number of hydrogen-bond acceptors (Lipinski definition) is 5. The molecule has 0 radical (unpaired) electrons. The quantitative estimate of drug-likeness (QED) is 0.197. The number of halogens is 3. The van der Waals surface area contributed by atoms with Gasteiger partial charge in [0, 0.05) is 12.1 Å². The van der Waals surface area contributed by atoms with Crippen molar-refractivity contribution in [2.24, 2.45) is 4.99 Å². The zero-order valence-corrected chi connectivity index (χ0v) is 20.7. The minimum Gasteiger partial charge on any atom is -0.490 e. The second kappa shape index (κ2) is 13.6. The summed E-state index contributed by atoms with van der Waals surface area (Å²) in [6.45, 7) is 2.57. The van der Waals surface area contributed by atoms with E-state index in [0.717, 1.165) is 16.8 Å². The molecule has 0 unspecified atom stereocenters. The molecule has 178 valence electrons. The summed E-state index contributed by atoms with van der Waals surface area (Å²) in [4.78, 5) is 9.04. The van der Waals surface area contributed by atoms with Gasteiger partial charge < -0.3 is 24.5 Å². The van der Waals surface area contributed by atoms with Gasteiger partial charge in [-0.05, 0) is 43.7 Å². The number of rotatable bonds is 10. The van der Waals surface area contributed by atoms with Crippen molar-refractivity contribution in [1.29, 1.82) is 0 Å². The summed E-state index contributed by atoms with van der Waals surface area (Å²) in [5.74, 6) is 1.40. The Morgan fingerprint density at radius 3 is 2.58 bits per heavy atom. The molecule has 0 aliphatic carbocycles. The maximum atomic E-state index is 12.6. The Hall–Kier alpha value is -2.89. The number of ether oxygens (including phenoxy) is 2. The van der Waals surface area contributed by atoms with Crippen LogP contribution in [-0.4, -0.2) is 30.7 Å². The second-order valence-corrected chi connectivity index (χ2v) is 6.65. The van der Waals surface area contributed by atoms with Crippen LogP contribution < -0.4 is 20.1 Å². The maximum Gasteiger partial charge on any atom is 0.387 e. The summed E-state index contributed by atoms with van der Waals surface area (Å²) in [5.41, 5.74) is 2.44. The lowest BCUT2D eigenvalue weighted by atomic mass is 10.2. The normalized spacial score (nSPS) is 11.1. The molecule has 0 aliphatic heterocycles. The summed E-state index contributed by atoms with van der Waals surface area (Å²) < 4.78 is 40.6. The Labute approximate surface area is 208 Å². The van der Waals surface area contributed by atoms with Crippen LogP contribution in [0, 0.1) is 0 Å². The summed E-state index contributed by atoms with van der Waals surface area (Å²) >= 11 is 0. The molecule has 0 fully saturated rings. The summed E-state index contributed by atoms with van der Waals surface area (Å²) in [7, 11) is 0. The molecular weight excluding hydrogens is 545 g/mol. The van der Waals surface area contributed by atoms with Gasteiger partial charge in [0.1, 0.15) is 6.26 Å². The van der Waals surface area contributed by atoms with Crippen LogP contribution in [0.25, 0.3) is 11.5 Å². The van der Waals surface area contributed by atoms with Gasteiger partial charge >= 0.3 is 6.61 Å². The standard InChI is InChI=1S/C23H26F2N4O3.HI/c1-3-26-23(28-14-18-15-31-21(29-18)17-8-6-5-7-9-17)27-13-16-10-11-19(32-22(24)25)20(12-16)30-4-2;/h5-12,15,22H,3-4,13-14H2,1-2H3,(H2,26,27,28);1H. The number of hydrogen-bond donors (Lipinski definition) is 2. The van der Waals surface area contributed by atoms with Crippen molar-refractivity contribution in [3.63, 3.8) is 0 Å². The Morgan fingerprint density at radius 1 is 1.09 bits per heavy atom. The third kappa shape index (κ3) is 8.19. The number of oxazole rings is 1.